The molecule has 0 amide bonds. The van der Waals surface area contributed by atoms with Crippen LogP contribution in [0.25, 0.3) is 0 Å². The first-order chi connectivity index (χ1) is 13.7. The molecule has 5 nitrogen and oxygen atoms in total. The van der Waals surface area contributed by atoms with Gasteiger partial charge in [-0.3, -0.25) is 4.79 Å². The number of pyridine rings is 1. The highest BCUT2D eigenvalue weighted by Crippen LogP contribution is 2.34. The van der Waals surface area contributed by atoms with Crippen LogP contribution in [-0.2, 0) is 13.5 Å². The van der Waals surface area contributed by atoms with Gasteiger partial charge in [-0.2, -0.15) is 0 Å². The van der Waals surface area contributed by atoms with Crippen molar-refractivity contribution >= 4 is 17.6 Å². The number of nitrogens with zero attached hydrogens (tertiary/aromatic N) is 2. The fraction of sp³-hybridized carbons (Fsp3) is 0.304. The molecule has 0 saturated carbocycles. The maximum Gasteiger partial charge on any atom is 0.337 e. The van der Waals surface area contributed by atoms with Crippen LogP contribution < -0.4 is 5.56 Å². The normalized spacial score (nSPS) is 12.3. The van der Waals surface area contributed by atoms with Crippen LogP contribution >= 0.6 is 11.6 Å². The van der Waals surface area contributed by atoms with E-state index in [9.17, 15) is 14.7 Å². The summed E-state index contributed by atoms with van der Waals surface area (Å²) >= 11 is 6.09. The Morgan fingerprint density at radius 3 is 2.41 bits per heavy atom. The third kappa shape index (κ3) is 4.30. The van der Waals surface area contributed by atoms with E-state index in [1.165, 1.54) is 0 Å². The van der Waals surface area contributed by atoms with E-state index in [0.717, 1.165) is 22.4 Å². The molecule has 1 N–H and O–H groups in total. The lowest BCUT2D eigenvalue weighted by molar-refractivity contribution is 0.0695. The standard InChI is InChI=1S/C23H25ClN2O3/c1-14(2)26-10-9-19(23(28)29)22(26)20(16-5-7-18(24)8-6-16)12-17-13-25(4)21(27)11-15(17)3/h5-11,13-14,20H,12H2,1-4H3,(H,28,29). The van der Waals surface area contributed by atoms with Crippen molar-refractivity contribution in [1.29, 1.82) is 0 Å². The van der Waals surface area contributed by atoms with Crippen LogP contribution in [0.4, 0.5) is 0 Å². The first-order valence-corrected chi connectivity index (χ1v) is 9.92. The van der Waals surface area contributed by atoms with Crippen molar-refractivity contribution in [1.82, 2.24) is 9.13 Å². The Bertz CT molecular complexity index is 1090. The second-order valence-electron chi connectivity index (χ2n) is 7.66. The highest BCUT2D eigenvalue weighted by molar-refractivity contribution is 6.30. The van der Waals surface area contributed by atoms with Crippen LogP contribution in [0.3, 0.4) is 0 Å². The SMILES string of the molecule is Cc1cc(=O)n(C)cc1CC(c1ccc(Cl)cc1)c1c(C(=O)O)ccn1C(C)C. The summed E-state index contributed by atoms with van der Waals surface area (Å²) in [4.78, 5) is 24.0. The number of halogens is 1. The second kappa shape index (κ2) is 8.29. The van der Waals surface area contributed by atoms with Gasteiger partial charge in [-0.1, -0.05) is 23.7 Å². The minimum absolute atomic E-state index is 0.0638. The van der Waals surface area contributed by atoms with Crippen molar-refractivity contribution in [2.24, 2.45) is 7.05 Å². The lowest BCUT2D eigenvalue weighted by Crippen LogP contribution is -2.20. The lowest BCUT2D eigenvalue weighted by atomic mass is 9.86. The molecule has 3 rings (SSSR count). The molecule has 1 aromatic carbocycles. The highest BCUT2D eigenvalue weighted by atomic mass is 35.5. The first-order valence-electron chi connectivity index (χ1n) is 9.54. The van der Waals surface area contributed by atoms with Crippen LogP contribution in [-0.4, -0.2) is 20.2 Å². The van der Waals surface area contributed by atoms with Gasteiger partial charge in [0.2, 0.25) is 0 Å². The Morgan fingerprint density at radius 1 is 1.17 bits per heavy atom. The largest absolute Gasteiger partial charge is 0.478 e. The number of carbonyl (C=O) groups is 1. The van der Waals surface area contributed by atoms with Crippen molar-refractivity contribution < 1.29 is 9.90 Å². The average Bonchev–Trinajstić information content (AvgIpc) is 3.10. The maximum atomic E-state index is 12.0. The Labute approximate surface area is 175 Å². The molecule has 29 heavy (non-hydrogen) atoms. The van der Waals surface area contributed by atoms with Crippen LogP contribution in [0.2, 0.25) is 5.02 Å². The topological polar surface area (TPSA) is 64.2 Å². The smallest absolute Gasteiger partial charge is 0.337 e. The molecular formula is C23H25ClN2O3. The predicted molar refractivity (Wildman–Crippen MR) is 115 cm³/mol. The fourth-order valence-corrected chi connectivity index (χ4v) is 3.86. The van der Waals surface area contributed by atoms with E-state index in [-0.39, 0.29) is 17.5 Å². The van der Waals surface area contributed by atoms with Gasteiger partial charge in [-0.25, -0.2) is 4.79 Å². The summed E-state index contributed by atoms with van der Waals surface area (Å²) < 4.78 is 3.57. The zero-order valence-electron chi connectivity index (χ0n) is 17.0. The van der Waals surface area contributed by atoms with E-state index < -0.39 is 5.97 Å². The quantitative estimate of drug-likeness (QED) is 0.632. The predicted octanol–water partition coefficient (Wildman–Crippen LogP) is 4.80. The number of hydrogen-bond acceptors (Lipinski definition) is 2. The molecule has 6 heteroatoms. The number of benzene rings is 1. The number of aryl methyl sites for hydroxylation is 2. The number of hydrogen-bond donors (Lipinski definition) is 1. The number of aromatic nitrogens is 2. The molecule has 1 atom stereocenters. The van der Waals surface area contributed by atoms with Crippen LogP contribution in [0, 0.1) is 6.92 Å². The first kappa shape index (κ1) is 20.9. The third-order valence-corrected chi connectivity index (χ3v) is 5.56. The molecule has 0 radical (unpaired) electrons. The molecule has 0 aliphatic rings. The number of aromatic carboxylic acids is 1. The van der Waals surface area contributed by atoms with E-state index in [0.29, 0.717) is 17.0 Å². The average molecular weight is 413 g/mol. The number of carboxylic acids is 1. The van der Waals surface area contributed by atoms with Crippen LogP contribution in [0.1, 0.15) is 58.5 Å². The van der Waals surface area contributed by atoms with Gasteiger partial charge >= 0.3 is 5.97 Å². The molecule has 0 aliphatic heterocycles. The van der Waals surface area contributed by atoms with Gasteiger partial charge in [0.25, 0.3) is 5.56 Å². The molecule has 2 aromatic heterocycles. The summed E-state index contributed by atoms with van der Waals surface area (Å²) in [5, 5.41) is 10.5. The van der Waals surface area contributed by atoms with Gasteiger partial charge in [0.1, 0.15) is 0 Å². The second-order valence-corrected chi connectivity index (χ2v) is 8.10. The summed E-state index contributed by atoms with van der Waals surface area (Å²) in [6, 6.07) is 10.9. The summed E-state index contributed by atoms with van der Waals surface area (Å²) in [5.74, 6) is -1.15. The molecule has 0 aliphatic carbocycles. The number of rotatable bonds is 6. The van der Waals surface area contributed by atoms with Crippen molar-refractivity contribution in [2.45, 2.75) is 39.2 Å². The molecule has 0 bridgehead atoms. The summed E-state index contributed by atoms with van der Waals surface area (Å²) in [6.07, 6.45) is 4.24. The summed E-state index contributed by atoms with van der Waals surface area (Å²) in [5.41, 5.74) is 3.85. The van der Waals surface area contributed by atoms with Gasteiger partial charge in [-0.05, 0) is 62.1 Å². The van der Waals surface area contributed by atoms with Gasteiger partial charge < -0.3 is 14.2 Å². The van der Waals surface area contributed by atoms with E-state index in [4.69, 9.17) is 11.6 Å². The third-order valence-electron chi connectivity index (χ3n) is 5.31. The Hall–Kier alpha value is -2.79. The molecule has 2 heterocycles. The van der Waals surface area contributed by atoms with Gasteiger partial charge in [-0.15, -0.1) is 0 Å². The van der Waals surface area contributed by atoms with E-state index in [2.05, 4.69) is 0 Å². The Kier molecular flexibility index (Phi) is 5.99. The zero-order chi connectivity index (χ0) is 21.3. The monoisotopic (exact) mass is 412 g/mol. The van der Waals surface area contributed by atoms with E-state index in [1.54, 1.807) is 23.7 Å². The molecular weight excluding hydrogens is 388 g/mol. The van der Waals surface area contributed by atoms with Crippen molar-refractivity contribution in [3.05, 3.63) is 92.1 Å². The summed E-state index contributed by atoms with van der Waals surface area (Å²) in [7, 11) is 1.72. The highest BCUT2D eigenvalue weighted by Gasteiger charge is 2.27. The molecule has 0 fully saturated rings. The molecule has 0 spiro atoms. The van der Waals surface area contributed by atoms with Crippen LogP contribution in [0.5, 0.6) is 0 Å². The zero-order valence-corrected chi connectivity index (χ0v) is 17.8. The fourth-order valence-electron chi connectivity index (χ4n) is 3.74. The van der Waals surface area contributed by atoms with Crippen molar-refractivity contribution in [3.8, 4) is 0 Å². The Balaban J connectivity index is 2.22. The summed E-state index contributed by atoms with van der Waals surface area (Å²) in [6.45, 7) is 5.98. The molecule has 152 valence electrons. The van der Waals surface area contributed by atoms with E-state index >= 15 is 0 Å². The van der Waals surface area contributed by atoms with E-state index in [1.807, 2.05) is 62.0 Å². The maximum absolute atomic E-state index is 12.0. The lowest BCUT2D eigenvalue weighted by Gasteiger charge is -2.24. The molecule has 0 saturated heterocycles. The van der Waals surface area contributed by atoms with Gasteiger partial charge in [0.05, 0.1) is 5.56 Å². The van der Waals surface area contributed by atoms with Gasteiger partial charge in [0.15, 0.2) is 0 Å². The molecule has 3 aromatic rings. The van der Waals surface area contributed by atoms with Gasteiger partial charge in [0, 0.05) is 48.2 Å². The Morgan fingerprint density at radius 2 is 1.83 bits per heavy atom. The van der Waals surface area contributed by atoms with Crippen molar-refractivity contribution in [2.75, 3.05) is 0 Å². The molecule has 1 unspecified atom stereocenters. The van der Waals surface area contributed by atoms with Crippen molar-refractivity contribution in [3.63, 3.8) is 0 Å². The minimum Gasteiger partial charge on any atom is -0.478 e. The minimum atomic E-state index is -0.949. The number of carboxylic acid groups (broad SMARTS) is 1. The van der Waals surface area contributed by atoms with Crippen LogP contribution in [0.15, 0.2) is 53.6 Å².